The average molecular weight is 403 g/mol. The van der Waals surface area contributed by atoms with E-state index in [1.54, 1.807) is 13.3 Å². The number of alkyl halides is 3. The van der Waals surface area contributed by atoms with Gasteiger partial charge < -0.3 is 20.5 Å². The van der Waals surface area contributed by atoms with Gasteiger partial charge in [0.2, 0.25) is 11.8 Å². The van der Waals surface area contributed by atoms with Crippen molar-refractivity contribution in [3.63, 3.8) is 0 Å². The number of carbonyl (C=O) groups excluding carboxylic acids is 1. The zero-order valence-electron chi connectivity index (χ0n) is 15.5. The number of ether oxygens (including phenoxy) is 1. The van der Waals surface area contributed by atoms with Gasteiger partial charge in [0, 0.05) is 36.3 Å². The monoisotopic (exact) mass is 403 g/mol. The van der Waals surface area contributed by atoms with Crippen molar-refractivity contribution in [1.82, 2.24) is 15.6 Å². The summed E-state index contributed by atoms with van der Waals surface area (Å²) >= 11 is 0. The van der Waals surface area contributed by atoms with E-state index in [-0.39, 0.29) is 11.4 Å². The first-order chi connectivity index (χ1) is 13.1. The number of rotatable bonds is 4. The van der Waals surface area contributed by atoms with E-state index in [1.165, 1.54) is 0 Å². The highest BCUT2D eigenvalue weighted by atomic mass is 19.4. The fraction of sp³-hybridized carbons (Fsp3) is 0.611. The van der Waals surface area contributed by atoms with E-state index in [0.717, 1.165) is 44.2 Å². The third kappa shape index (κ3) is 6.08. The van der Waals surface area contributed by atoms with Crippen LogP contribution < -0.4 is 15.4 Å². The number of methoxy groups -OCH3 is 1. The van der Waals surface area contributed by atoms with Gasteiger partial charge in [0.05, 0.1) is 7.11 Å². The molecule has 0 unspecified atom stereocenters. The zero-order chi connectivity index (χ0) is 20.8. The number of aliphatic carboxylic acids is 1. The van der Waals surface area contributed by atoms with Crippen LogP contribution in [0.2, 0.25) is 0 Å². The first-order valence-corrected chi connectivity index (χ1v) is 8.97. The first-order valence-electron chi connectivity index (χ1n) is 8.97. The smallest absolute Gasteiger partial charge is 0.481 e. The van der Waals surface area contributed by atoms with Gasteiger partial charge in [-0.05, 0) is 38.2 Å². The minimum absolute atomic E-state index is 0.0985. The Labute approximate surface area is 160 Å². The number of carboxylic acids is 1. The van der Waals surface area contributed by atoms with Crippen molar-refractivity contribution in [3.05, 3.63) is 23.9 Å². The summed E-state index contributed by atoms with van der Waals surface area (Å²) in [6, 6.07) is 4.49. The molecule has 0 atom stereocenters. The van der Waals surface area contributed by atoms with Crippen molar-refractivity contribution in [3.8, 4) is 5.88 Å². The maximum atomic E-state index is 11.4. The summed E-state index contributed by atoms with van der Waals surface area (Å²) in [7, 11) is 1.65. The Bertz CT molecular complexity index is 689. The van der Waals surface area contributed by atoms with Gasteiger partial charge in [0.15, 0.2) is 0 Å². The third-order valence-electron chi connectivity index (χ3n) is 5.04. The topological polar surface area (TPSA) is 101 Å². The van der Waals surface area contributed by atoms with Crippen molar-refractivity contribution in [1.29, 1.82) is 0 Å². The van der Waals surface area contributed by atoms with E-state index >= 15 is 0 Å². The largest absolute Gasteiger partial charge is 0.490 e. The lowest BCUT2D eigenvalue weighted by atomic mass is 9.78. The molecular formula is C18H24F3N3O4. The molecule has 1 aliphatic heterocycles. The van der Waals surface area contributed by atoms with Crippen molar-refractivity contribution in [2.24, 2.45) is 0 Å². The van der Waals surface area contributed by atoms with Crippen molar-refractivity contribution in [2.75, 3.05) is 7.11 Å². The van der Waals surface area contributed by atoms with Crippen LogP contribution in [0.1, 0.15) is 44.1 Å². The Morgan fingerprint density at radius 3 is 2.54 bits per heavy atom. The van der Waals surface area contributed by atoms with Gasteiger partial charge >= 0.3 is 12.1 Å². The normalized spacial score (nSPS) is 24.3. The molecular weight excluding hydrogens is 379 g/mol. The standard InChI is InChI=1S/C16H23N3O2.C2HF3O2/c1-21-15-12(3-2-10-17-15)11-18-13-4-7-16(8-5-13)9-6-14(20)19-16;3-2(4,5)1(6)7/h2-3,10,13,18H,4-9,11H2,1H3,(H,19,20);(H,6,7). The van der Waals surface area contributed by atoms with Crippen LogP contribution in [0, 0.1) is 0 Å². The predicted molar refractivity (Wildman–Crippen MR) is 93.7 cm³/mol. The molecule has 156 valence electrons. The molecule has 1 aromatic rings. The maximum Gasteiger partial charge on any atom is 0.490 e. The first kappa shape index (κ1) is 21.9. The van der Waals surface area contributed by atoms with Crippen LogP contribution in [0.5, 0.6) is 5.88 Å². The minimum Gasteiger partial charge on any atom is -0.481 e. The third-order valence-corrected chi connectivity index (χ3v) is 5.04. The van der Waals surface area contributed by atoms with Crippen LogP contribution in [-0.2, 0) is 16.1 Å². The molecule has 2 fully saturated rings. The van der Waals surface area contributed by atoms with E-state index in [1.807, 2.05) is 12.1 Å². The molecule has 2 aliphatic rings. The molecule has 1 saturated carbocycles. The lowest BCUT2D eigenvalue weighted by Gasteiger charge is -2.37. The van der Waals surface area contributed by atoms with E-state index in [9.17, 15) is 18.0 Å². The lowest BCUT2D eigenvalue weighted by molar-refractivity contribution is -0.192. The number of amides is 1. The van der Waals surface area contributed by atoms with Crippen LogP contribution in [0.15, 0.2) is 18.3 Å². The van der Waals surface area contributed by atoms with Gasteiger partial charge in [0.25, 0.3) is 0 Å². The zero-order valence-corrected chi connectivity index (χ0v) is 15.5. The molecule has 28 heavy (non-hydrogen) atoms. The summed E-state index contributed by atoms with van der Waals surface area (Å²) in [6.07, 6.45) is 2.77. The SMILES string of the molecule is COc1ncccc1CNC1CCC2(CCC(=O)N2)CC1.O=C(O)C(F)(F)F. The lowest BCUT2D eigenvalue weighted by Crippen LogP contribution is -2.47. The summed E-state index contributed by atoms with van der Waals surface area (Å²) in [5.41, 5.74) is 1.19. The Morgan fingerprint density at radius 1 is 1.39 bits per heavy atom. The van der Waals surface area contributed by atoms with Crippen molar-refractivity contribution < 1.29 is 32.6 Å². The quantitative estimate of drug-likeness (QED) is 0.714. The van der Waals surface area contributed by atoms with Crippen LogP contribution in [0.4, 0.5) is 13.2 Å². The molecule has 1 amide bonds. The van der Waals surface area contributed by atoms with Crippen molar-refractivity contribution >= 4 is 11.9 Å². The van der Waals surface area contributed by atoms with Crippen molar-refractivity contribution in [2.45, 2.75) is 62.8 Å². The second-order valence-electron chi connectivity index (χ2n) is 6.96. The molecule has 1 aromatic heterocycles. The molecule has 2 heterocycles. The van der Waals surface area contributed by atoms with Crippen LogP contribution >= 0.6 is 0 Å². The van der Waals surface area contributed by atoms with Gasteiger partial charge in [-0.25, -0.2) is 9.78 Å². The van der Waals surface area contributed by atoms with Gasteiger partial charge in [-0.15, -0.1) is 0 Å². The van der Waals surface area contributed by atoms with Gasteiger partial charge in [0.1, 0.15) is 0 Å². The molecule has 1 saturated heterocycles. The van der Waals surface area contributed by atoms with Crippen LogP contribution in [-0.4, -0.2) is 46.8 Å². The fourth-order valence-corrected chi connectivity index (χ4v) is 3.52. The number of nitrogens with zero attached hydrogens (tertiary/aromatic N) is 1. The van der Waals surface area contributed by atoms with Crippen LogP contribution in [0.25, 0.3) is 0 Å². The number of hydrogen-bond acceptors (Lipinski definition) is 5. The summed E-state index contributed by atoms with van der Waals surface area (Å²) in [5, 5.41) is 13.9. The molecule has 3 N–H and O–H groups in total. The highest BCUT2D eigenvalue weighted by Crippen LogP contribution is 2.35. The molecule has 0 bridgehead atoms. The van der Waals surface area contributed by atoms with E-state index in [4.69, 9.17) is 14.6 Å². The average Bonchev–Trinajstić information content (AvgIpc) is 3.01. The number of aromatic nitrogens is 1. The van der Waals surface area contributed by atoms with Gasteiger partial charge in [-0.2, -0.15) is 13.2 Å². The molecule has 3 rings (SSSR count). The number of carbonyl (C=O) groups is 2. The summed E-state index contributed by atoms with van der Waals surface area (Å²) in [5.74, 6) is -1.84. The molecule has 0 radical (unpaired) electrons. The predicted octanol–water partition coefficient (Wildman–Crippen LogP) is 2.40. The second kappa shape index (κ2) is 9.22. The molecule has 10 heteroatoms. The molecule has 1 aliphatic carbocycles. The highest BCUT2D eigenvalue weighted by molar-refractivity contribution is 5.79. The highest BCUT2D eigenvalue weighted by Gasteiger charge is 2.40. The van der Waals surface area contributed by atoms with E-state index in [2.05, 4.69) is 15.6 Å². The number of pyridine rings is 1. The summed E-state index contributed by atoms with van der Waals surface area (Å²) in [6.45, 7) is 0.779. The van der Waals surface area contributed by atoms with Gasteiger partial charge in [-0.1, -0.05) is 6.07 Å². The summed E-state index contributed by atoms with van der Waals surface area (Å²) < 4.78 is 37.0. The fourth-order valence-electron chi connectivity index (χ4n) is 3.52. The molecule has 1 spiro atoms. The Kier molecular flexibility index (Phi) is 7.22. The van der Waals surface area contributed by atoms with E-state index in [0.29, 0.717) is 18.3 Å². The van der Waals surface area contributed by atoms with Crippen LogP contribution in [0.3, 0.4) is 0 Å². The minimum atomic E-state index is -5.08. The molecule has 0 aromatic carbocycles. The number of halogens is 3. The Hall–Kier alpha value is -2.36. The number of nitrogens with one attached hydrogen (secondary N) is 2. The second-order valence-corrected chi connectivity index (χ2v) is 6.96. The van der Waals surface area contributed by atoms with Gasteiger partial charge in [-0.3, -0.25) is 4.79 Å². The number of carboxylic acid groups (broad SMARTS) is 1. The van der Waals surface area contributed by atoms with E-state index < -0.39 is 12.1 Å². The number of hydrogen-bond donors (Lipinski definition) is 3. The Morgan fingerprint density at radius 2 is 2.04 bits per heavy atom. The molecule has 7 nitrogen and oxygen atoms in total. The summed E-state index contributed by atoms with van der Waals surface area (Å²) in [4.78, 5) is 24.5. The maximum absolute atomic E-state index is 11.4. The Balaban J connectivity index is 0.000000345.